The van der Waals surface area contributed by atoms with E-state index in [-0.39, 0.29) is 4.90 Å². The predicted molar refractivity (Wildman–Crippen MR) is 152 cm³/mol. The molecule has 0 amide bonds. The summed E-state index contributed by atoms with van der Waals surface area (Å²) in [5.41, 5.74) is 1.14. The lowest BCUT2D eigenvalue weighted by Crippen LogP contribution is -1.98. The van der Waals surface area contributed by atoms with E-state index in [1.807, 2.05) is 0 Å². The number of hydrogen-bond acceptors (Lipinski definition) is 2. The Morgan fingerprint density at radius 1 is 0.486 bits per heavy atom. The number of hydrogen-bond donors (Lipinski definition) is 1. The van der Waals surface area contributed by atoms with E-state index in [9.17, 15) is 8.42 Å². The molecule has 0 unspecified atom stereocenters. The van der Waals surface area contributed by atoms with E-state index in [4.69, 9.17) is 4.55 Å². The third kappa shape index (κ3) is 19.9. The van der Waals surface area contributed by atoms with E-state index in [0.29, 0.717) is 0 Å². The summed E-state index contributed by atoms with van der Waals surface area (Å²) in [6.45, 7) is 2.29. The summed E-state index contributed by atoms with van der Waals surface area (Å²) in [7, 11) is -4.08. The van der Waals surface area contributed by atoms with Gasteiger partial charge in [-0.25, -0.2) is 0 Å². The zero-order valence-corrected chi connectivity index (χ0v) is 23.8. The first-order chi connectivity index (χ1) is 17.0. The van der Waals surface area contributed by atoms with E-state index in [2.05, 4.69) is 6.92 Å². The Morgan fingerprint density at radius 2 is 0.771 bits per heavy atom. The lowest BCUT2D eigenvalue weighted by Gasteiger charge is -2.05. The molecule has 0 aliphatic heterocycles. The van der Waals surface area contributed by atoms with Crippen molar-refractivity contribution in [3.63, 3.8) is 0 Å². The molecular weight excluding hydrogens is 452 g/mol. The summed E-state index contributed by atoms with van der Waals surface area (Å²) >= 11 is 0. The van der Waals surface area contributed by atoms with Crippen LogP contribution in [-0.2, 0) is 16.5 Å². The molecule has 1 aromatic carbocycles. The Labute approximate surface area is 218 Å². The molecule has 0 fully saturated rings. The summed E-state index contributed by atoms with van der Waals surface area (Å²) in [6.07, 6.45) is 33.2. The van der Waals surface area contributed by atoms with Crippen molar-refractivity contribution < 1.29 is 13.0 Å². The number of rotatable bonds is 25. The zero-order valence-electron chi connectivity index (χ0n) is 23.0. The molecule has 0 saturated carbocycles. The molecule has 1 aromatic rings. The SMILES string of the molecule is CCCCCCCCCCCCCCCCCCCCCCCCCc1ccc(S(=O)(=O)O)cc1. The maximum Gasteiger partial charge on any atom is 0.294 e. The van der Waals surface area contributed by atoms with Crippen molar-refractivity contribution in [3.8, 4) is 0 Å². The number of aryl methyl sites for hydroxylation is 1. The fourth-order valence-corrected chi connectivity index (χ4v) is 5.42. The van der Waals surface area contributed by atoms with Gasteiger partial charge in [-0.15, -0.1) is 0 Å². The van der Waals surface area contributed by atoms with E-state index in [1.54, 1.807) is 12.1 Å². The molecule has 204 valence electrons. The van der Waals surface area contributed by atoms with Gasteiger partial charge in [0.1, 0.15) is 0 Å². The monoisotopic (exact) mass is 508 g/mol. The van der Waals surface area contributed by atoms with Gasteiger partial charge in [0.15, 0.2) is 0 Å². The van der Waals surface area contributed by atoms with Gasteiger partial charge in [-0.05, 0) is 30.5 Å². The van der Waals surface area contributed by atoms with Gasteiger partial charge in [-0.3, -0.25) is 4.55 Å². The van der Waals surface area contributed by atoms with Gasteiger partial charge in [0, 0.05) is 0 Å². The maximum absolute atomic E-state index is 11.1. The lowest BCUT2D eigenvalue weighted by atomic mass is 10.0. The molecule has 0 atom stereocenters. The Kier molecular flexibility index (Phi) is 20.5. The van der Waals surface area contributed by atoms with Crippen molar-refractivity contribution in [1.82, 2.24) is 0 Å². The van der Waals surface area contributed by atoms with Crippen LogP contribution in [0.3, 0.4) is 0 Å². The molecule has 3 nitrogen and oxygen atoms in total. The van der Waals surface area contributed by atoms with Crippen molar-refractivity contribution in [1.29, 1.82) is 0 Å². The first kappa shape index (κ1) is 32.2. The number of unbranched alkanes of at least 4 members (excludes halogenated alkanes) is 22. The second-order valence-electron chi connectivity index (χ2n) is 10.6. The maximum atomic E-state index is 11.1. The Morgan fingerprint density at radius 3 is 1.06 bits per heavy atom. The topological polar surface area (TPSA) is 54.4 Å². The van der Waals surface area contributed by atoms with Gasteiger partial charge in [-0.2, -0.15) is 8.42 Å². The molecule has 1 rings (SSSR count). The van der Waals surface area contributed by atoms with Crippen LogP contribution >= 0.6 is 0 Å². The standard InChI is InChI=1S/C31H56O3S/c1-2-3-4-5-6-7-8-9-10-11-12-13-14-15-16-17-18-19-20-21-22-23-24-25-30-26-28-31(29-27-30)35(32,33)34/h26-29H,2-25H2,1H3,(H,32,33,34). The summed E-state index contributed by atoms with van der Waals surface area (Å²) in [5.74, 6) is 0. The highest BCUT2D eigenvalue weighted by atomic mass is 32.2. The first-order valence-corrected chi connectivity index (χ1v) is 16.5. The molecule has 0 aliphatic rings. The average Bonchev–Trinajstić information content (AvgIpc) is 2.84. The first-order valence-electron chi connectivity index (χ1n) is 15.1. The molecule has 0 spiro atoms. The van der Waals surface area contributed by atoms with Crippen LogP contribution in [-0.4, -0.2) is 13.0 Å². The summed E-state index contributed by atoms with van der Waals surface area (Å²) in [6, 6.07) is 6.59. The van der Waals surface area contributed by atoms with Crippen LogP contribution in [0.2, 0.25) is 0 Å². The molecule has 0 radical (unpaired) electrons. The molecule has 0 heterocycles. The molecule has 0 aliphatic carbocycles. The van der Waals surface area contributed by atoms with E-state index in [0.717, 1.165) is 18.4 Å². The van der Waals surface area contributed by atoms with Gasteiger partial charge >= 0.3 is 0 Å². The van der Waals surface area contributed by atoms with E-state index in [1.165, 1.54) is 153 Å². The highest BCUT2D eigenvalue weighted by molar-refractivity contribution is 7.85. The van der Waals surface area contributed by atoms with Crippen molar-refractivity contribution in [2.75, 3.05) is 0 Å². The summed E-state index contributed by atoms with van der Waals surface area (Å²) in [5, 5.41) is 0. The van der Waals surface area contributed by atoms with Crippen LogP contribution in [0, 0.1) is 0 Å². The molecule has 0 aromatic heterocycles. The molecular formula is C31H56O3S. The third-order valence-electron chi connectivity index (χ3n) is 7.29. The third-order valence-corrected chi connectivity index (χ3v) is 8.16. The van der Waals surface area contributed by atoms with Crippen molar-refractivity contribution in [2.45, 2.75) is 166 Å². The summed E-state index contributed by atoms with van der Waals surface area (Å²) in [4.78, 5) is -0.0226. The van der Waals surface area contributed by atoms with Crippen molar-refractivity contribution in [3.05, 3.63) is 29.8 Å². The minimum Gasteiger partial charge on any atom is -0.282 e. The predicted octanol–water partition coefficient (Wildman–Crippen LogP) is 10.5. The second kappa shape index (κ2) is 22.3. The quantitative estimate of drug-likeness (QED) is 0.105. The van der Waals surface area contributed by atoms with Crippen LogP contribution < -0.4 is 0 Å². The van der Waals surface area contributed by atoms with Crippen molar-refractivity contribution in [2.24, 2.45) is 0 Å². The van der Waals surface area contributed by atoms with E-state index < -0.39 is 10.1 Å². The van der Waals surface area contributed by atoms with Gasteiger partial charge in [0.05, 0.1) is 4.90 Å². The van der Waals surface area contributed by atoms with Crippen LogP contribution in [0.5, 0.6) is 0 Å². The fourth-order valence-electron chi connectivity index (χ4n) is 4.94. The minimum absolute atomic E-state index is 0.0226. The van der Waals surface area contributed by atoms with Gasteiger partial charge in [0.2, 0.25) is 0 Å². The molecule has 1 N–H and O–H groups in total. The Hall–Kier alpha value is -0.870. The largest absolute Gasteiger partial charge is 0.294 e. The second-order valence-corrected chi connectivity index (χ2v) is 12.1. The summed E-state index contributed by atoms with van der Waals surface area (Å²) < 4.78 is 31.2. The average molecular weight is 509 g/mol. The van der Waals surface area contributed by atoms with E-state index >= 15 is 0 Å². The Bertz CT molecular complexity index is 682. The lowest BCUT2D eigenvalue weighted by molar-refractivity contribution is 0.483. The van der Waals surface area contributed by atoms with Crippen LogP contribution in [0.15, 0.2) is 29.2 Å². The molecule has 4 heteroatoms. The van der Waals surface area contributed by atoms with Gasteiger partial charge in [0.25, 0.3) is 10.1 Å². The highest BCUT2D eigenvalue weighted by Gasteiger charge is 2.08. The van der Waals surface area contributed by atoms with Crippen LogP contribution in [0.1, 0.15) is 160 Å². The normalized spacial score (nSPS) is 11.8. The van der Waals surface area contributed by atoms with Crippen LogP contribution in [0.25, 0.3) is 0 Å². The van der Waals surface area contributed by atoms with Gasteiger partial charge < -0.3 is 0 Å². The van der Waals surface area contributed by atoms with Crippen LogP contribution in [0.4, 0.5) is 0 Å². The molecule has 0 saturated heterocycles. The fraction of sp³-hybridized carbons (Fsp3) is 0.806. The van der Waals surface area contributed by atoms with Crippen molar-refractivity contribution >= 4 is 10.1 Å². The highest BCUT2D eigenvalue weighted by Crippen LogP contribution is 2.16. The molecule has 35 heavy (non-hydrogen) atoms. The number of benzene rings is 1. The molecule has 0 bridgehead atoms. The smallest absolute Gasteiger partial charge is 0.282 e. The Balaban J connectivity index is 1.75. The minimum atomic E-state index is -4.08. The van der Waals surface area contributed by atoms with Gasteiger partial charge in [-0.1, -0.05) is 160 Å². The zero-order chi connectivity index (χ0) is 25.5.